The number of hydrogen-bond donors (Lipinski definition) is 0. The predicted octanol–water partition coefficient (Wildman–Crippen LogP) is 3.58. The molecule has 2 aliphatic heterocycles. The summed E-state index contributed by atoms with van der Waals surface area (Å²) >= 11 is 1.97. The molecule has 31 heavy (non-hydrogen) atoms. The number of carbonyl (C=O) groups is 2. The summed E-state index contributed by atoms with van der Waals surface area (Å²) in [4.78, 5) is 30.6. The third kappa shape index (κ3) is 6.61. The van der Waals surface area contributed by atoms with Crippen molar-refractivity contribution in [3.05, 3.63) is 0 Å². The van der Waals surface area contributed by atoms with Gasteiger partial charge in [0, 0.05) is 50.3 Å². The van der Waals surface area contributed by atoms with E-state index >= 15 is 0 Å². The molecule has 0 aromatic carbocycles. The molecule has 178 valence electrons. The molecular weight excluding hydrogens is 412 g/mol. The molecule has 0 aromatic heterocycles. The smallest absolute Gasteiger partial charge is 0.314 e. The first-order valence-electron chi connectivity index (χ1n) is 12.3. The van der Waals surface area contributed by atoms with Gasteiger partial charge in [0.05, 0.1) is 6.42 Å². The molecule has 2 unspecified atom stereocenters. The molecule has 7 heteroatoms. The van der Waals surface area contributed by atoms with Crippen molar-refractivity contribution < 1.29 is 19.1 Å². The fourth-order valence-corrected chi connectivity index (χ4v) is 6.12. The van der Waals surface area contributed by atoms with E-state index in [2.05, 4.69) is 37.5 Å². The fraction of sp³-hybridized carbons (Fsp3) is 0.917. The van der Waals surface area contributed by atoms with Crippen LogP contribution < -0.4 is 0 Å². The molecule has 0 aromatic rings. The lowest BCUT2D eigenvalue weighted by atomic mass is 9.87. The number of rotatable bonds is 8. The van der Waals surface area contributed by atoms with E-state index in [4.69, 9.17) is 9.47 Å². The monoisotopic (exact) mass is 454 g/mol. The Labute approximate surface area is 192 Å². The van der Waals surface area contributed by atoms with Crippen LogP contribution in [-0.2, 0) is 19.1 Å². The number of likely N-dealkylation sites (tertiary alicyclic amines) is 1. The van der Waals surface area contributed by atoms with Crippen LogP contribution in [0.2, 0.25) is 0 Å². The average molecular weight is 455 g/mol. The third-order valence-corrected chi connectivity index (χ3v) is 8.38. The van der Waals surface area contributed by atoms with Crippen molar-refractivity contribution in [1.29, 1.82) is 0 Å². The van der Waals surface area contributed by atoms with E-state index in [1.165, 1.54) is 0 Å². The largest absolute Gasteiger partial charge is 0.461 e. The summed E-state index contributed by atoms with van der Waals surface area (Å²) in [7, 11) is 0. The first-order valence-corrected chi connectivity index (χ1v) is 13.4. The Morgan fingerprint density at radius 2 is 1.74 bits per heavy atom. The number of carbonyl (C=O) groups excluding carboxylic acids is 2. The number of piperidine rings is 1. The fourth-order valence-electron chi connectivity index (χ4n) is 5.14. The van der Waals surface area contributed by atoms with E-state index in [0.29, 0.717) is 31.3 Å². The van der Waals surface area contributed by atoms with Gasteiger partial charge in [0.25, 0.3) is 0 Å². The summed E-state index contributed by atoms with van der Waals surface area (Å²) in [6.07, 6.45) is 4.82. The van der Waals surface area contributed by atoms with Crippen molar-refractivity contribution in [3.63, 3.8) is 0 Å². The molecule has 6 nitrogen and oxygen atoms in total. The first kappa shape index (κ1) is 24.8. The lowest BCUT2D eigenvalue weighted by Gasteiger charge is -2.41. The van der Waals surface area contributed by atoms with Gasteiger partial charge in [-0.05, 0) is 51.9 Å². The standard InChI is InChI=1S/C24H42N2O4S/c1-18(2)24(9-5-6-10-24)30-23(28)20-17-26(19(3)4)12-7-21(20)29-22(27)8-11-25-13-15-31-16-14-25/h18-21H,5-17H2,1-4H3. The van der Waals surface area contributed by atoms with E-state index in [-0.39, 0.29) is 23.6 Å². The lowest BCUT2D eigenvalue weighted by molar-refractivity contribution is -0.181. The summed E-state index contributed by atoms with van der Waals surface area (Å²) < 4.78 is 12.1. The van der Waals surface area contributed by atoms with E-state index in [1.54, 1.807) is 0 Å². The highest BCUT2D eigenvalue weighted by Gasteiger charge is 2.45. The van der Waals surface area contributed by atoms with E-state index in [0.717, 1.165) is 63.4 Å². The van der Waals surface area contributed by atoms with Crippen molar-refractivity contribution in [2.24, 2.45) is 11.8 Å². The Hall–Kier alpha value is -0.790. The van der Waals surface area contributed by atoms with E-state index in [9.17, 15) is 9.59 Å². The van der Waals surface area contributed by atoms with Crippen LogP contribution >= 0.6 is 11.8 Å². The van der Waals surface area contributed by atoms with Crippen LogP contribution in [0.15, 0.2) is 0 Å². The summed E-state index contributed by atoms with van der Waals surface area (Å²) in [5, 5.41) is 0. The highest BCUT2D eigenvalue weighted by molar-refractivity contribution is 7.99. The molecule has 2 heterocycles. The zero-order valence-corrected chi connectivity index (χ0v) is 20.8. The zero-order chi connectivity index (χ0) is 22.4. The molecule has 1 saturated carbocycles. The molecule has 2 saturated heterocycles. The van der Waals surface area contributed by atoms with Gasteiger partial charge in [0.2, 0.25) is 0 Å². The SMILES string of the molecule is CC(C)N1CCC(OC(=O)CCN2CCSCC2)C(C(=O)OC2(C(C)C)CCCC2)C1. The average Bonchev–Trinajstić information content (AvgIpc) is 3.23. The number of nitrogens with zero attached hydrogens (tertiary/aromatic N) is 2. The minimum atomic E-state index is -0.400. The molecule has 3 rings (SSSR count). The van der Waals surface area contributed by atoms with Gasteiger partial charge >= 0.3 is 11.9 Å². The van der Waals surface area contributed by atoms with Gasteiger partial charge in [-0.2, -0.15) is 11.8 Å². The van der Waals surface area contributed by atoms with Gasteiger partial charge in [-0.3, -0.25) is 14.5 Å². The second-order valence-corrected chi connectivity index (χ2v) is 11.3. The number of esters is 2. The maximum atomic E-state index is 13.4. The molecule has 0 radical (unpaired) electrons. The molecule has 3 fully saturated rings. The third-order valence-electron chi connectivity index (χ3n) is 7.44. The molecule has 0 amide bonds. The molecule has 0 bridgehead atoms. The molecule has 1 aliphatic carbocycles. The number of ether oxygens (including phenoxy) is 2. The Balaban J connectivity index is 1.61. The highest BCUT2D eigenvalue weighted by Crippen LogP contribution is 2.40. The second kappa shape index (κ2) is 11.4. The van der Waals surface area contributed by atoms with Crippen LogP contribution in [0.1, 0.15) is 66.2 Å². The van der Waals surface area contributed by atoms with Crippen LogP contribution in [-0.4, -0.2) is 83.7 Å². The van der Waals surface area contributed by atoms with Crippen molar-refractivity contribution in [1.82, 2.24) is 9.80 Å². The highest BCUT2D eigenvalue weighted by atomic mass is 32.2. The second-order valence-electron chi connectivity index (χ2n) is 10.1. The van der Waals surface area contributed by atoms with Crippen molar-refractivity contribution in [2.75, 3.05) is 44.2 Å². The first-order chi connectivity index (χ1) is 14.8. The molecule has 0 spiro atoms. The predicted molar refractivity (Wildman–Crippen MR) is 125 cm³/mol. The zero-order valence-electron chi connectivity index (χ0n) is 19.9. The van der Waals surface area contributed by atoms with Gasteiger partial charge in [0.15, 0.2) is 0 Å². The maximum Gasteiger partial charge on any atom is 0.314 e. The topological polar surface area (TPSA) is 59.1 Å². The van der Waals surface area contributed by atoms with Gasteiger partial charge in [0.1, 0.15) is 17.6 Å². The summed E-state index contributed by atoms with van der Waals surface area (Å²) in [6.45, 7) is 12.9. The van der Waals surface area contributed by atoms with Crippen molar-refractivity contribution in [2.45, 2.75) is 84.0 Å². The molecular formula is C24H42N2O4S. The number of thioether (sulfide) groups is 1. The van der Waals surface area contributed by atoms with Gasteiger partial charge < -0.3 is 14.4 Å². The Morgan fingerprint density at radius 1 is 1.06 bits per heavy atom. The van der Waals surface area contributed by atoms with Crippen LogP contribution in [0.5, 0.6) is 0 Å². The normalized spacial score (nSPS) is 27.5. The Morgan fingerprint density at radius 3 is 2.35 bits per heavy atom. The molecule has 0 N–H and O–H groups in total. The minimum absolute atomic E-state index is 0.174. The number of hydrogen-bond acceptors (Lipinski definition) is 7. The Kier molecular flexibility index (Phi) is 9.11. The summed E-state index contributed by atoms with van der Waals surface area (Å²) in [5.74, 6) is 1.81. The van der Waals surface area contributed by atoms with Gasteiger partial charge in [-0.1, -0.05) is 13.8 Å². The van der Waals surface area contributed by atoms with Gasteiger partial charge in [-0.25, -0.2) is 0 Å². The summed E-state index contributed by atoms with van der Waals surface area (Å²) in [6, 6.07) is 0.356. The molecule has 3 aliphatic rings. The molecule has 2 atom stereocenters. The van der Waals surface area contributed by atoms with Crippen molar-refractivity contribution >= 4 is 23.7 Å². The summed E-state index contributed by atoms with van der Waals surface area (Å²) in [5.41, 5.74) is -0.349. The van der Waals surface area contributed by atoms with E-state index < -0.39 is 5.92 Å². The lowest BCUT2D eigenvalue weighted by Crippen LogP contribution is -2.52. The van der Waals surface area contributed by atoms with Crippen LogP contribution in [0.4, 0.5) is 0 Å². The van der Waals surface area contributed by atoms with Crippen LogP contribution in [0.25, 0.3) is 0 Å². The van der Waals surface area contributed by atoms with Crippen LogP contribution in [0.3, 0.4) is 0 Å². The Bertz CT molecular complexity index is 600. The quantitative estimate of drug-likeness (QED) is 0.520. The van der Waals surface area contributed by atoms with E-state index in [1.807, 2.05) is 11.8 Å². The van der Waals surface area contributed by atoms with Crippen molar-refractivity contribution in [3.8, 4) is 0 Å². The van der Waals surface area contributed by atoms with Gasteiger partial charge in [-0.15, -0.1) is 0 Å². The van der Waals surface area contributed by atoms with Crippen LogP contribution in [0, 0.1) is 11.8 Å². The minimum Gasteiger partial charge on any atom is -0.461 e. The maximum absolute atomic E-state index is 13.4.